The van der Waals surface area contributed by atoms with Gasteiger partial charge in [-0.05, 0) is 36.5 Å². The Labute approximate surface area is 145 Å². The van der Waals surface area contributed by atoms with Crippen molar-refractivity contribution in [2.24, 2.45) is 0 Å². The minimum absolute atomic E-state index is 0.558. The molecule has 0 aliphatic heterocycles. The Hall–Kier alpha value is -2.98. The largest absolute Gasteiger partial charge is 0.332 e. The third kappa shape index (κ3) is 2.79. The number of rotatable bonds is 2. The second kappa shape index (κ2) is 6.26. The number of pyridine rings is 1. The monoisotopic (exact) mass is 329 g/mol. The molecule has 0 radical (unpaired) electrons. The van der Waals surface area contributed by atoms with Gasteiger partial charge in [0.2, 0.25) is 0 Å². The number of fused-ring (bicyclic) bond motifs is 2. The number of thiocarbonyl (C=S) groups is 1. The van der Waals surface area contributed by atoms with Crippen molar-refractivity contribution in [3.8, 4) is 0 Å². The predicted molar refractivity (Wildman–Crippen MR) is 106 cm³/mol. The van der Waals surface area contributed by atoms with Crippen molar-refractivity contribution in [2.75, 3.05) is 10.6 Å². The number of nitrogens with zero attached hydrogens (tertiary/aromatic N) is 1. The molecule has 3 nitrogen and oxygen atoms in total. The summed E-state index contributed by atoms with van der Waals surface area (Å²) in [5, 5.41) is 9.23. The van der Waals surface area contributed by atoms with Crippen molar-refractivity contribution >= 4 is 50.5 Å². The average Bonchev–Trinajstić information content (AvgIpc) is 2.62. The SMILES string of the molecule is S=C(Nc1ccccc1)Nc1c2ccccc2nc2ccccc12. The molecule has 0 aliphatic rings. The maximum Gasteiger partial charge on any atom is 0.175 e. The van der Waals surface area contributed by atoms with Gasteiger partial charge >= 0.3 is 0 Å². The quantitative estimate of drug-likeness (QED) is 0.392. The molecule has 0 saturated carbocycles. The zero-order valence-electron chi connectivity index (χ0n) is 12.9. The van der Waals surface area contributed by atoms with Gasteiger partial charge in [0, 0.05) is 16.5 Å². The van der Waals surface area contributed by atoms with Gasteiger partial charge in [-0.2, -0.15) is 0 Å². The van der Waals surface area contributed by atoms with Crippen LogP contribution in [0.1, 0.15) is 0 Å². The molecule has 0 amide bonds. The van der Waals surface area contributed by atoms with Crippen molar-refractivity contribution in [3.63, 3.8) is 0 Å². The van der Waals surface area contributed by atoms with Crippen molar-refractivity contribution in [2.45, 2.75) is 0 Å². The first-order valence-electron chi connectivity index (χ1n) is 7.72. The highest BCUT2D eigenvalue weighted by molar-refractivity contribution is 7.80. The van der Waals surface area contributed by atoms with Crippen molar-refractivity contribution < 1.29 is 0 Å². The number of hydrogen-bond donors (Lipinski definition) is 2. The lowest BCUT2D eigenvalue weighted by Gasteiger charge is -2.15. The lowest BCUT2D eigenvalue weighted by molar-refractivity contribution is 1.49. The maximum absolute atomic E-state index is 5.50. The fraction of sp³-hybridized carbons (Fsp3) is 0. The van der Waals surface area contributed by atoms with Gasteiger partial charge < -0.3 is 10.6 Å². The van der Waals surface area contributed by atoms with Crippen LogP contribution >= 0.6 is 12.2 Å². The van der Waals surface area contributed by atoms with Crippen molar-refractivity contribution in [1.82, 2.24) is 4.98 Å². The van der Waals surface area contributed by atoms with E-state index in [4.69, 9.17) is 17.2 Å². The van der Waals surface area contributed by atoms with E-state index in [0.29, 0.717) is 5.11 Å². The van der Waals surface area contributed by atoms with E-state index in [1.807, 2.05) is 66.7 Å². The molecule has 0 atom stereocenters. The Balaban J connectivity index is 1.77. The molecule has 1 aromatic heterocycles. The Morgan fingerprint density at radius 3 is 1.83 bits per heavy atom. The summed E-state index contributed by atoms with van der Waals surface area (Å²) in [5.41, 5.74) is 3.82. The van der Waals surface area contributed by atoms with E-state index in [1.54, 1.807) is 0 Å². The molecule has 3 aromatic carbocycles. The van der Waals surface area contributed by atoms with Crippen LogP contribution < -0.4 is 10.6 Å². The first-order valence-corrected chi connectivity index (χ1v) is 8.12. The Morgan fingerprint density at radius 1 is 0.667 bits per heavy atom. The highest BCUT2D eigenvalue weighted by Gasteiger charge is 2.10. The molecule has 24 heavy (non-hydrogen) atoms. The maximum atomic E-state index is 5.50. The number of benzene rings is 3. The number of para-hydroxylation sites is 3. The molecule has 0 aliphatic carbocycles. The molecule has 0 fully saturated rings. The van der Waals surface area contributed by atoms with Gasteiger partial charge in [0.15, 0.2) is 5.11 Å². The normalized spacial score (nSPS) is 10.7. The van der Waals surface area contributed by atoms with Crippen LogP contribution in [0, 0.1) is 0 Å². The highest BCUT2D eigenvalue weighted by atomic mass is 32.1. The molecule has 0 spiro atoms. The van der Waals surface area contributed by atoms with E-state index < -0.39 is 0 Å². The molecule has 1 heterocycles. The van der Waals surface area contributed by atoms with Gasteiger partial charge in [0.05, 0.1) is 16.7 Å². The number of aromatic nitrogens is 1. The first kappa shape index (κ1) is 14.6. The van der Waals surface area contributed by atoms with Crippen molar-refractivity contribution in [3.05, 3.63) is 78.9 Å². The average molecular weight is 329 g/mol. The van der Waals surface area contributed by atoms with Crippen molar-refractivity contribution in [1.29, 1.82) is 0 Å². The van der Waals surface area contributed by atoms with E-state index >= 15 is 0 Å². The fourth-order valence-electron chi connectivity index (χ4n) is 2.77. The summed E-state index contributed by atoms with van der Waals surface area (Å²) in [6.45, 7) is 0. The first-order chi connectivity index (χ1) is 11.8. The molecule has 0 unspecified atom stereocenters. The molecule has 0 saturated heterocycles. The van der Waals surface area contributed by atoms with E-state index in [-0.39, 0.29) is 0 Å². The number of anilines is 2. The number of nitrogens with one attached hydrogen (secondary N) is 2. The molecule has 4 aromatic rings. The Morgan fingerprint density at radius 2 is 1.21 bits per heavy atom. The summed E-state index contributed by atoms with van der Waals surface area (Å²) in [6.07, 6.45) is 0. The summed E-state index contributed by atoms with van der Waals surface area (Å²) in [7, 11) is 0. The smallest absolute Gasteiger partial charge is 0.175 e. The lowest BCUT2D eigenvalue weighted by Crippen LogP contribution is -2.19. The Bertz CT molecular complexity index is 975. The van der Waals surface area contributed by atoms with E-state index in [2.05, 4.69) is 22.8 Å². The van der Waals surface area contributed by atoms with Crippen LogP contribution in [0.3, 0.4) is 0 Å². The van der Waals surface area contributed by atoms with E-state index in [1.165, 1.54) is 0 Å². The third-order valence-electron chi connectivity index (χ3n) is 3.86. The van der Waals surface area contributed by atoms with Crippen LogP contribution in [0.2, 0.25) is 0 Å². The van der Waals surface area contributed by atoms with E-state index in [0.717, 1.165) is 33.2 Å². The minimum atomic E-state index is 0.558. The zero-order valence-corrected chi connectivity index (χ0v) is 13.7. The van der Waals surface area contributed by atoms with E-state index in [9.17, 15) is 0 Å². The standard InChI is InChI=1S/C20H15N3S/c24-20(21-14-8-2-1-3-9-14)23-19-15-10-4-6-12-17(15)22-18-13-7-5-11-16(18)19/h1-13H,(H2,21,22,23,24). The van der Waals surface area contributed by atoms with Crippen LogP contribution in [0.4, 0.5) is 11.4 Å². The number of hydrogen-bond acceptors (Lipinski definition) is 2. The third-order valence-corrected chi connectivity index (χ3v) is 4.06. The molecule has 0 bridgehead atoms. The van der Waals surface area contributed by atoms with Crippen LogP contribution in [-0.4, -0.2) is 10.1 Å². The zero-order chi connectivity index (χ0) is 16.4. The summed E-state index contributed by atoms with van der Waals surface area (Å²) >= 11 is 5.50. The van der Waals surface area contributed by atoms with Crippen LogP contribution in [0.5, 0.6) is 0 Å². The summed E-state index contributed by atoms with van der Waals surface area (Å²) in [5.74, 6) is 0. The van der Waals surface area contributed by atoms with Gasteiger partial charge in [0.25, 0.3) is 0 Å². The second-order valence-corrected chi connectivity index (χ2v) is 5.87. The molecule has 4 heteroatoms. The molecular formula is C20H15N3S. The fourth-order valence-corrected chi connectivity index (χ4v) is 2.99. The summed E-state index contributed by atoms with van der Waals surface area (Å²) in [4.78, 5) is 4.73. The summed E-state index contributed by atoms with van der Waals surface area (Å²) in [6, 6.07) is 26.0. The van der Waals surface area contributed by atoms with Gasteiger partial charge in [-0.1, -0.05) is 54.6 Å². The molecule has 2 N–H and O–H groups in total. The van der Waals surface area contributed by atoms with Crippen LogP contribution in [-0.2, 0) is 0 Å². The van der Waals surface area contributed by atoms with Gasteiger partial charge in [-0.15, -0.1) is 0 Å². The second-order valence-electron chi connectivity index (χ2n) is 5.47. The van der Waals surface area contributed by atoms with Crippen LogP contribution in [0.25, 0.3) is 21.8 Å². The van der Waals surface area contributed by atoms with Gasteiger partial charge in [0.1, 0.15) is 0 Å². The molecular weight excluding hydrogens is 314 g/mol. The van der Waals surface area contributed by atoms with Crippen LogP contribution in [0.15, 0.2) is 78.9 Å². The topological polar surface area (TPSA) is 37.0 Å². The lowest BCUT2D eigenvalue weighted by atomic mass is 10.1. The highest BCUT2D eigenvalue weighted by Crippen LogP contribution is 2.30. The van der Waals surface area contributed by atoms with Gasteiger partial charge in [-0.3, -0.25) is 0 Å². The molecule has 116 valence electrons. The summed E-state index contributed by atoms with van der Waals surface area (Å²) < 4.78 is 0. The predicted octanol–water partition coefficient (Wildman–Crippen LogP) is 5.20. The molecule has 4 rings (SSSR count). The Kier molecular flexibility index (Phi) is 3.81. The minimum Gasteiger partial charge on any atom is -0.332 e. The van der Waals surface area contributed by atoms with Gasteiger partial charge in [-0.25, -0.2) is 4.98 Å².